The van der Waals surface area contributed by atoms with Crippen molar-refractivity contribution in [2.45, 2.75) is 24.9 Å². The molecule has 1 atom stereocenters. The molecule has 0 heterocycles. The molecule has 0 fully saturated rings. The predicted molar refractivity (Wildman–Crippen MR) is 73.8 cm³/mol. The van der Waals surface area contributed by atoms with Crippen LogP contribution >= 0.6 is 0 Å². The van der Waals surface area contributed by atoms with Crippen LogP contribution in [0.2, 0.25) is 0 Å². The molecule has 0 saturated heterocycles. The fourth-order valence-electron chi connectivity index (χ4n) is 1.94. The van der Waals surface area contributed by atoms with Gasteiger partial charge in [-0.2, -0.15) is 0 Å². The van der Waals surface area contributed by atoms with Crippen molar-refractivity contribution in [3.05, 3.63) is 35.4 Å². The maximum absolute atomic E-state index is 12.1. The zero-order chi connectivity index (χ0) is 15.5. The van der Waals surface area contributed by atoms with Crippen molar-refractivity contribution in [3.63, 3.8) is 0 Å². The van der Waals surface area contributed by atoms with Gasteiger partial charge in [0.2, 0.25) is 5.91 Å². The fourth-order valence-corrected chi connectivity index (χ4v) is 3.91. The Hall–Kier alpha value is -1.89. The molecular weight excluding hydrogens is 282 g/mol. The molecule has 0 radical (unpaired) electrons. The third-order valence-electron chi connectivity index (χ3n) is 2.84. The summed E-state index contributed by atoms with van der Waals surface area (Å²) in [4.78, 5) is 22.0. The normalized spacial score (nSPS) is 13.2. The van der Waals surface area contributed by atoms with Gasteiger partial charge in [0.15, 0.2) is 15.1 Å². The van der Waals surface area contributed by atoms with Gasteiger partial charge in [-0.15, -0.1) is 0 Å². The van der Waals surface area contributed by atoms with Crippen molar-refractivity contribution >= 4 is 21.7 Å². The quantitative estimate of drug-likeness (QED) is 0.806. The van der Waals surface area contributed by atoms with Gasteiger partial charge in [0, 0.05) is 5.56 Å². The molecule has 0 aliphatic carbocycles. The highest BCUT2D eigenvalue weighted by Gasteiger charge is 2.35. The fraction of sp³-hybridized carbons (Fsp3) is 0.385. The standard InChI is InChI=1S/C13H17NO5S/c1-8(2)11(13(16)17)20(18,19)7-9-3-5-10(6-4-9)12(14)15/h3-6,8,11H,7H2,1-2H3,(H2,14,15)(H,16,17). The highest BCUT2D eigenvalue weighted by molar-refractivity contribution is 7.92. The Balaban J connectivity index is 3.01. The third-order valence-corrected chi connectivity index (χ3v) is 5.10. The van der Waals surface area contributed by atoms with Crippen molar-refractivity contribution in [1.82, 2.24) is 0 Å². The van der Waals surface area contributed by atoms with Crippen molar-refractivity contribution in [2.75, 3.05) is 0 Å². The molecule has 3 N–H and O–H groups in total. The summed E-state index contributed by atoms with van der Waals surface area (Å²) < 4.78 is 24.3. The van der Waals surface area contributed by atoms with Gasteiger partial charge in [0.1, 0.15) is 0 Å². The second-order valence-corrected chi connectivity index (χ2v) is 6.99. The van der Waals surface area contributed by atoms with E-state index in [2.05, 4.69) is 0 Å². The van der Waals surface area contributed by atoms with Gasteiger partial charge in [-0.25, -0.2) is 8.42 Å². The van der Waals surface area contributed by atoms with Crippen LogP contribution in [0.4, 0.5) is 0 Å². The summed E-state index contributed by atoms with van der Waals surface area (Å²) in [5, 5.41) is 7.59. The van der Waals surface area contributed by atoms with Gasteiger partial charge in [-0.3, -0.25) is 9.59 Å². The lowest BCUT2D eigenvalue weighted by Gasteiger charge is -2.16. The summed E-state index contributed by atoms with van der Waals surface area (Å²) in [7, 11) is -3.82. The molecular formula is C13H17NO5S. The summed E-state index contributed by atoms with van der Waals surface area (Å²) in [6.45, 7) is 3.10. The number of primary amides is 1. The van der Waals surface area contributed by atoms with Crippen LogP contribution in [0.5, 0.6) is 0 Å². The van der Waals surface area contributed by atoms with Crippen LogP contribution in [-0.2, 0) is 20.4 Å². The Morgan fingerprint density at radius 2 is 1.70 bits per heavy atom. The Kier molecular flexibility index (Phi) is 4.88. The highest BCUT2D eigenvalue weighted by Crippen LogP contribution is 2.18. The van der Waals surface area contributed by atoms with Gasteiger partial charge in [-0.1, -0.05) is 26.0 Å². The predicted octanol–water partition coefficient (Wildman–Crippen LogP) is 0.809. The average Bonchev–Trinajstić information content (AvgIpc) is 2.26. The zero-order valence-corrected chi connectivity index (χ0v) is 12.1. The SMILES string of the molecule is CC(C)C(C(=O)O)S(=O)(=O)Cc1ccc(C(N)=O)cc1. The van der Waals surface area contributed by atoms with Crippen LogP contribution in [0, 0.1) is 5.92 Å². The van der Waals surface area contributed by atoms with Crippen LogP contribution in [0.1, 0.15) is 29.8 Å². The number of carboxylic acid groups (broad SMARTS) is 1. The van der Waals surface area contributed by atoms with Gasteiger partial charge in [0.05, 0.1) is 5.75 Å². The summed E-state index contributed by atoms with van der Waals surface area (Å²) in [6, 6.07) is 5.74. The van der Waals surface area contributed by atoms with E-state index >= 15 is 0 Å². The molecule has 0 bridgehead atoms. The van der Waals surface area contributed by atoms with E-state index in [0.29, 0.717) is 5.56 Å². The summed E-state index contributed by atoms with van der Waals surface area (Å²) in [5.41, 5.74) is 5.77. The smallest absolute Gasteiger partial charge is 0.322 e. The Morgan fingerprint density at radius 3 is 2.05 bits per heavy atom. The van der Waals surface area contributed by atoms with Crippen LogP contribution in [0.25, 0.3) is 0 Å². The molecule has 20 heavy (non-hydrogen) atoms. The first-order valence-corrected chi connectivity index (χ1v) is 7.70. The topological polar surface area (TPSA) is 115 Å². The second kappa shape index (κ2) is 6.04. The minimum Gasteiger partial charge on any atom is -0.480 e. The van der Waals surface area contributed by atoms with Gasteiger partial charge in [-0.05, 0) is 23.6 Å². The first-order chi connectivity index (χ1) is 9.15. The number of carbonyl (C=O) groups is 2. The molecule has 0 aliphatic rings. The van der Waals surface area contributed by atoms with E-state index in [-0.39, 0.29) is 11.3 Å². The Bertz CT molecular complexity index is 604. The molecule has 0 aliphatic heterocycles. The molecule has 1 aromatic carbocycles. The monoisotopic (exact) mass is 299 g/mol. The molecule has 110 valence electrons. The Morgan fingerprint density at radius 1 is 1.20 bits per heavy atom. The lowest BCUT2D eigenvalue weighted by molar-refractivity contribution is -0.137. The van der Waals surface area contributed by atoms with E-state index in [4.69, 9.17) is 10.8 Å². The van der Waals surface area contributed by atoms with Gasteiger partial charge in [0.25, 0.3) is 0 Å². The molecule has 6 nitrogen and oxygen atoms in total. The van der Waals surface area contributed by atoms with E-state index in [1.165, 1.54) is 24.3 Å². The van der Waals surface area contributed by atoms with E-state index in [1.54, 1.807) is 13.8 Å². The number of benzene rings is 1. The molecule has 1 rings (SSSR count). The lowest BCUT2D eigenvalue weighted by Crippen LogP contribution is -2.35. The number of hydrogen-bond donors (Lipinski definition) is 2. The van der Waals surface area contributed by atoms with Gasteiger partial charge < -0.3 is 10.8 Å². The van der Waals surface area contributed by atoms with E-state index in [9.17, 15) is 18.0 Å². The summed E-state index contributed by atoms with van der Waals surface area (Å²) in [5.74, 6) is -2.87. The first kappa shape index (κ1) is 16.2. The molecule has 1 unspecified atom stereocenters. The highest BCUT2D eigenvalue weighted by atomic mass is 32.2. The van der Waals surface area contributed by atoms with E-state index < -0.39 is 32.9 Å². The number of carboxylic acids is 1. The minimum atomic E-state index is -3.82. The Labute approximate surface area is 117 Å². The number of nitrogens with two attached hydrogens (primary N) is 1. The molecule has 1 aromatic rings. The molecule has 1 amide bonds. The number of carbonyl (C=O) groups excluding carboxylic acids is 1. The van der Waals surface area contributed by atoms with Crippen molar-refractivity contribution in [1.29, 1.82) is 0 Å². The van der Waals surface area contributed by atoms with Crippen molar-refractivity contribution < 1.29 is 23.1 Å². The van der Waals surface area contributed by atoms with E-state index in [0.717, 1.165) is 0 Å². The molecule has 0 aromatic heterocycles. The minimum absolute atomic E-state index is 0.268. The van der Waals surface area contributed by atoms with Crippen molar-refractivity contribution in [3.8, 4) is 0 Å². The third kappa shape index (κ3) is 3.80. The number of amides is 1. The van der Waals surface area contributed by atoms with E-state index in [1.807, 2.05) is 0 Å². The zero-order valence-electron chi connectivity index (χ0n) is 11.2. The molecule has 7 heteroatoms. The first-order valence-electron chi connectivity index (χ1n) is 5.98. The maximum Gasteiger partial charge on any atom is 0.322 e. The average molecular weight is 299 g/mol. The van der Waals surface area contributed by atoms with Crippen LogP contribution in [0.3, 0.4) is 0 Å². The number of hydrogen-bond acceptors (Lipinski definition) is 4. The molecule has 0 saturated carbocycles. The summed E-state index contributed by atoms with van der Waals surface area (Å²) >= 11 is 0. The largest absolute Gasteiger partial charge is 0.480 e. The van der Waals surface area contributed by atoms with Crippen LogP contribution in [0.15, 0.2) is 24.3 Å². The lowest BCUT2D eigenvalue weighted by atomic mass is 10.1. The second-order valence-electron chi connectivity index (χ2n) is 4.87. The maximum atomic E-state index is 12.1. The van der Waals surface area contributed by atoms with Crippen molar-refractivity contribution in [2.24, 2.45) is 11.7 Å². The number of aliphatic carboxylic acids is 1. The molecule has 0 spiro atoms. The van der Waals surface area contributed by atoms with Gasteiger partial charge >= 0.3 is 5.97 Å². The van der Waals surface area contributed by atoms with Crippen LogP contribution in [-0.4, -0.2) is 30.7 Å². The number of sulfone groups is 1. The summed E-state index contributed by atoms with van der Waals surface area (Å²) in [6.07, 6.45) is 0. The van der Waals surface area contributed by atoms with Crippen LogP contribution < -0.4 is 5.73 Å². The number of rotatable bonds is 6.